The Morgan fingerprint density at radius 3 is 2.45 bits per heavy atom. The maximum absolute atomic E-state index is 12.6. The molecule has 12 unspecified atom stereocenters. The molecule has 0 amide bonds. The number of carbonyl (C=O) groups excluding carboxylic acids is 2. The van der Waals surface area contributed by atoms with E-state index in [1.54, 1.807) is 13.0 Å². The van der Waals surface area contributed by atoms with Crippen molar-refractivity contribution in [3.8, 4) is 0 Å². The van der Waals surface area contributed by atoms with Gasteiger partial charge in [-0.2, -0.15) is 0 Å². The maximum Gasteiger partial charge on any atom is 0.309 e. The van der Waals surface area contributed by atoms with Crippen LogP contribution in [0.5, 0.6) is 0 Å². The molecule has 0 aromatic heterocycles. The summed E-state index contributed by atoms with van der Waals surface area (Å²) in [4.78, 5) is 24.3. The van der Waals surface area contributed by atoms with Gasteiger partial charge in [0.15, 0.2) is 6.10 Å². The van der Waals surface area contributed by atoms with Crippen LogP contribution in [0.1, 0.15) is 67.7 Å². The first kappa shape index (κ1) is 34.1. The molecular weight excluding hydrogens is 520 g/mol. The number of aliphatic hydroxyl groups excluding tert-OH is 4. The van der Waals surface area contributed by atoms with Gasteiger partial charge in [-0.25, -0.2) is 0 Å². The second-order valence-corrected chi connectivity index (χ2v) is 11.8. The number of aliphatic hydroxyl groups is 5. The molecule has 1 saturated heterocycles. The van der Waals surface area contributed by atoms with Gasteiger partial charge in [0.05, 0.1) is 43.0 Å². The van der Waals surface area contributed by atoms with E-state index in [0.29, 0.717) is 0 Å². The van der Waals surface area contributed by atoms with Crippen LogP contribution in [0.25, 0.3) is 0 Å². The van der Waals surface area contributed by atoms with Gasteiger partial charge in [0.1, 0.15) is 11.7 Å². The Hall–Kier alpha value is -2.08. The lowest BCUT2D eigenvalue weighted by Crippen LogP contribution is -2.52. The highest BCUT2D eigenvalue weighted by Gasteiger charge is 2.46. The molecular formula is C30H48O10. The van der Waals surface area contributed by atoms with Crippen LogP contribution >= 0.6 is 0 Å². The van der Waals surface area contributed by atoms with Crippen LogP contribution in [0.3, 0.4) is 0 Å². The Labute approximate surface area is 237 Å². The number of epoxide rings is 1. The second-order valence-electron chi connectivity index (χ2n) is 11.8. The Kier molecular flexibility index (Phi) is 12.5. The Morgan fingerprint density at radius 1 is 1.20 bits per heavy atom. The second kappa shape index (κ2) is 14.7. The average Bonchev–Trinajstić information content (AvgIpc) is 3.61. The van der Waals surface area contributed by atoms with Crippen LogP contribution in [-0.2, 0) is 23.8 Å². The van der Waals surface area contributed by atoms with Gasteiger partial charge in [-0.1, -0.05) is 45.1 Å². The van der Waals surface area contributed by atoms with E-state index in [1.165, 1.54) is 19.9 Å². The number of allylic oxidation sites excluding steroid dienone is 3. The normalized spacial score (nSPS) is 37.9. The van der Waals surface area contributed by atoms with Crippen molar-refractivity contribution in [2.45, 2.75) is 122 Å². The van der Waals surface area contributed by atoms with E-state index in [1.807, 2.05) is 45.9 Å². The molecule has 228 valence electrons. The molecule has 12 atom stereocenters. The molecule has 2 aliphatic heterocycles. The fourth-order valence-corrected chi connectivity index (χ4v) is 5.05. The van der Waals surface area contributed by atoms with E-state index >= 15 is 0 Å². The summed E-state index contributed by atoms with van der Waals surface area (Å²) in [6.07, 6.45) is 2.59. The number of ether oxygens (including phenoxy) is 3. The van der Waals surface area contributed by atoms with Crippen molar-refractivity contribution in [2.75, 3.05) is 0 Å². The van der Waals surface area contributed by atoms with Gasteiger partial charge in [0.25, 0.3) is 0 Å². The Bertz CT molecular complexity index is 939. The molecule has 0 radical (unpaired) electrons. The molecule has 0 saturated carbocycles. The maximum atomic E-state index is 12.6. The zero-order valence-electron chi connectivity index (χ0n) is 24.6. The monoisotopic (exact) mass is 568 g/mol. The summed E-state index contributed by atoms with van der Waals surface area (Å²) in [6.45, 7) is 11.6. The van der Waals surface area contributed by atoms with Crippen molar-refractivity contribution in [3.63, 3.8) is 0 Å². The first-order chi connectivity index (χ1) is 18.5. The van der Waals surface area contributed by atoms with Gasteiger partial charge < -0.3 is 39.7 Å². The van der Waals surface area contributed by atoms with E-state index in [2.05, 4.69) is 0 Å². The molecule has 0 aliphatic carbocycles. The predicted octanol–water partition coefficient (Wildman–Crippen LogP) is 1.96. The summed E-state index contributed by atoms with van der Waals surface area (Å²) in [6, 6.07) is 0. The minimum Gasteiger partial charge on any atom is -0.457 e. The number of esters is 2. The third kappa shape index (κ3) is 9.78. The minimum atomic E-state index is -1.90. The van der Waals surface area contributed by atoms with Crippen molar-refractivity contribution >= 4 is 11.9 Å². The molecule has 10 nitrogen and oxygen atoms in total. The summed E-state index contributed by atoms with van der Waals surface area (Å²) in [5, 5.41) is 51.5. The van der Waals surface area contributed by atoms with E-state index in [0.717, 1.165) is 12.0 Å². The zero-order valence-corrected chi connectivity index (χ0v) is 24.6. The third-order valence-electron chi connectivity index (χ3n) is 7.79. The largest absolute Gasteiger partial charge is 0.457 e. The van der Waals surface area contributed by atoms with Gasteiger partial charge in [-0.3, -0.25) is 9.59 Å². The highest BCUT2D eigenvalue weighted by molar-refractivity contribution is 5.70. The summed E-state index contributed by atoms with van der Waals surface area (Å²) >= 11 is 0. The quantitative estimate of drug-likeness (QED) is 0.120. The van der Waals surface area contributed by atoms with Gasteiger partial charge in [-0.15, -0.1) is 0 Å². The third-order valence-corrected chi connectivity index (χ3v) is 7.79. The number of carbonyl (C=O) groups is 2. The number of rotatable bonds is 9. The van der Waals surface area contributed by atoms with E-state index in [9.17, 15) is 35.1 Å². The van der Waals surface area contributed by atoms with Crippen LogP contribution in [-0.4, -0.2) is 91.9 Å². The summed E-state index contributed by atoms with van der Waals surface area (Å²) in [5.41, 5.74) is -1.16. The fraction of sp³-hybridized carbons (Fsp3) is 0.733. The van der Waals surface area contributed by atoms with Crippen LogP contribution in [0.2, 0.25) is 0 Å². The summed E-state index contributed by atoms with van der Waals surface area (Å²) in [7, 11) is 0. The van der Waals surface area contributed by atoms with Crippen molar-refractivity contribution in [2.24, 2.45) is 17.8 Å². The lowest BCUT2D eigenvalue weighted by Gasteiger charge is -2.36. The van der Waals surface area contributed by atoms with Crippen molar-refractivity contribution in [1.29, 1.82) is 0 Å². The van der Waals surface area contributed by atoms with Crippen LogP contribution in [0, 0.1) is 17.8 Å². The highest BCUT2D eigenvalue weighted by Crippen LogP contribution is 2.36. The van der Waals surface area contributed by atoms with Gasteiger partial charge in [0, 0.05) is 25.2 Å². The predicted molar refractivity (Wildman–Crippen MR) is 148 cm³/mol. The number of cyclic esters (lactones) is 1. The topological polar surface area (TPSA) is 166 Å². The molecule has 2 heterocycles. The first-order valence-corrected chi connectivity index (χ1v) is 14.0. The Morgan fingerprint density at radius 2 is 1.85 bits per heavy atom. The number of hydrogen-bond acceptors (Lipinski definition) is 10. The van der Waals surface area contributed by atoms with Crippen LogP contribution in [0.4, 0.5) is 0 Å². The van der Waals surface area contributed by atoms with E-state index < -0.39 is 60.1 Å². The Balaban J connectivity index is 2.15. The van der Waals surface area contributed by atoms with Gasteiger partial charge in [0.2, 0.25) is 0 Å². The molecule has 0 bridgehead atoms. The standard InChI is InChI=1S/C30H48O10/c1-16(13-23-29(39-23)19(4)27(36)20(5)31)9-8-10-17(2)28-18(3)11-12-25(38-21(6)32)30(7,37)24(34)14-22(33)15-26(35)40-28/h8-12,16,18-20,22-25,27-29,31,33-34,36-37H,13-15H2,1-7H3/b9-8+,12-11-,17-10+. The van der Waals surface area contributed by atoms with Crippen LogP contribution in [0.15, 0.2) is 36.0 Å². The molecule has 0 aromatic rings. The van der Waals surface area contributed by atoms with Crippen LogP contribution < -0.4 is 0 Å². The zero-order chi connectivity index (χ0) is 30.4. The molecule has 2 aliphatic rings. The summed E-state index contributed by atoms with van der Waals surface area (Å²) < 4.78 is 16.7. The van der Waals surface area contributed by atoms with Crippen molar-refractivity contribution < 1.29 is 49.3 Å². The highest BCUT2D eigenvalue weighted by atomic mass is 16.6. The van der Waals surface area contributed by atoms with Crippen molar-refractivity contribution in [3.05, 3.63) is 36.0 Å². The smallest absolute Gasteiger partial charge is 0.309 e. The van der Waals surface area contributed by atoms with E-state index in [4.69, 9.17) is 14.2 Å². The fourth-order valence-electron chi connectivity index (χ4n) is 5.05. The van der Waals surface area contributed by atoms with Crippen molar-refractivity contribution in [1.82, 2.24) is 0 Å². The SMILES string of the molecule is CC(=O)OC1/C=C\C(C)C(/C(C)=C/C=C/C(C)CC2OC2C(C)C(O)C(C)O)OC(=O)CC(O)CC(O)C1(C)O. The van der Waals surface area contributed by atoms with E-state index in [-0.39, 0.29) is 36.9 Å². The molecule has 0 aromatic carbocycles. The molecule has 0 spiro atoms. The molecule has 2 rings (SSSR count). The molecule has 1 fully saturated rings. The summed E-state index contributed by atoms with van der Waals surface area (Å²) in [5.74, 6) is -1.68. The lowest BCUT2D eigenvalue weighted by molar-refractivity contribution is -0.172. The first-order valence-electron chi connectivity index (χ1n) is 14.0. The molecule has 40 heavy (non-hydrogen) atoms. The lowest BCUT2D eigenvalue weighted by atomic mass is 9.86. The number of hydrogen-bond donors (Lipinski definition) is 5. The minimum absolute atomic E-state index is 0.0119. The average molecular weight is 569 g/mol. The van der Waals surface area contributed by atoms with Gasteiger partial charge in [-0.05, 0) is 44.8 Å². The molecule has 5 N–H and O–H groups in total. The van der Waals surface area contributed by atoms with Gasteiger partial charge >= 0.3 is 11.9 Å². The molecule has 10 heteroatoms.